The molecule has 1 amide bonds. The number of amides is 1. The molecule has 0 unspecified atom stereocenters. The minimum atomic E-state index is -3.39. The molecule has 1 aromatic carbocycles. The van der Waals surface area contributed by atoms with Crippen LogP contribution in [0.15, 0.2) is 30.3 Å². The number of nitrogens with one attached hydrogen (secondary N) is 1. The Labute approximate surface area is 155 Å². The fourth-order valence-corrected chi connectivity index (χ4v) is 5.45. The zero-order valence-electron chi connectivity index (χ0n) is 15.3. The van der Waals surface area contributed by atoms with E-state index in [1.165, 1.54) is 6.92 Å². The molecule has 2 atom stereocenters. The maximum absolute atomic E-state index is 12.7. The highest BCUT2D eigenvalue weighted by molar-refractivity contribution is 7.89. The molecule has 1 aromatic rings. The number of ether oxygens (including phenoxy) is 1. The van der Waals surface area contributed by atoms with Crippen LogP contribution in [0.1, 0.15) is 13.3 Å². The van der Waals surface area contributed by atoms with Gasteiger partial charge in [0, 0.05) is 39.0 Å². The molecule has 26 heavy (non-hydrogen) atoms. The zero-order chi connectivity index (χ0) is 18.8. The van der Waals surface area contributed by atoms with E-state index in [-0.39, 0.29) is 29.7 Å². The smallest absolute Gasteiger partial charge is 0.217 e. The van der Waals surface area contributed by atoms with Gasteiger partial charge in [-0.15, -0.1) is 0 Å². The lowest BCUT2D eigenvalue weighted by atomic mass is 9.81. The molecule has 2 aliphatic rings. The summed E-state index contributed by atoms with van der Waals surface area (Å²) in [6.45, 7) is 4.07. The van der Waals surface area contributed by atoms with Crippen LogP contribution < -0.4 is 10.1 Å². The molecule has 2 heterocycles. The van der Waals surface area contributed by atoms with E-state index in [1.807, 2.05) is 37.4 Å². The summed E-state index contributed by atoms with van der Waals surface area (Å²) in [5, 5.41) is 3.10. The summed E-state index contributed by atoms with van der Waals surface area (Å²) in [5.74, 6) is 0.675. The molecular formula is C18H27N3O4S. The number of hydrogen-bond donors (Lipinski definition) is 1. The second kappa shape index (κ2) is 7.54. The molecule has 7 nitrogen and oxygen atoms in total. The number of hydrogen-bond acceptors (Lipinski definition) is 5. The first-order valence-corrected chi connectivity index (χ1v) is 10.5. The molecule has 0 bridgehead atoms. The first-order valence-electron chi connectivity index (χ1n) is 8.94. The third-order valence-electron chi connectivity index (χ3n) is 5.27. The summed E-state index contributed by atoms with van der Waals surface area (Å²) in [5.41, 5.74) is -0.312. The van der Waals surface area contributed by atoms with Crippen LogP contribution >= 0.6 is 0 Å². The van der Waals surface area contributed by atoms with Gasteiger partial charge in [-0.05, 0) is 25.6 Å². The molecule has 2 fully saturated rings. The standard InChI is InChI=1S/C18H27N3O4S/c1-15(22)19-18-8-9-21(13-16(18)12-20(2)14-18)26(23,24)11-10-25-17-6-4-3-5-7-17/h3-7,16H,8-14H2,1-2H3,(H,19,22)/t16-,18+/m0/s1. The van der Waals surface area contributed by atoms with Gasteiger partial charge in [0.15, 0.2) is 0 Å². The van der Waals surface area contributed by atoms with Crippen molar-refractivity contribution in [2.45, 2.75) is 18.9 Å². The number of nitrogens with zero attached hydrogens (tertiary/aromatic N) is 2. The topological polar surface area (TPSA) is 79.0 Å². The van der Waals surface area contributed by atoms with E-state index < -0.39 is 10.0 Å². The fourth-order valence-electron chi connectivity index (χ4n) is 4.12. The Morgan fingerprint density at radius 3 is 2.73 bits per heavy atom. The minimum absolute atomic E-state index is 0.0441. The average molecular weight is 381 g/mol. The fraction of sp³-hybridized carbons (Fsp3) is 0.611. The van der Waals surface area contributed by atoms with Crippen molar-refractivity contribution in [1.82, 2.24) is 14.5 Å². The summed E-state index contributed by atoms with van der Waals surface area (Å²) in [4.78, 5) is 13.8. The second-order valence-electron chi connectivity index (χ2n) is 7.32. The Hall–Kier alpha value is -1.64. The highest BCUT2D eigenvalue weighted by Gasteiger charge is 2.50. The van der Waals surface area contributed by atoms with E-state index in [1.54, 1.807) is 4.31 Å². The van der Waals surface area contributed by atoms with Crippen LogP contribution in [0, 0.1) is 5.92 Å². The second-order valence-corrected chi connectivity index (χ2v) is 9.41. The molecule has 0 radical (unpaired) electrons. The Balaban J connectivity index is 1.60. The SMILES string of the molecule is CC(=O)N[C@@]12CCN(S(=O)(=O)CCOc3ccccc3)C[C@@H]1CN(C)C2. The van der Waals surface area contributed by atoms with Crippen LogP contribution in [0.3, 0.4) is 0 Å². The quantitative estimate of drug-likeness (QED) is 0.778. The zero-order valence-corrected chi connectivity index (χ0v) is 16.2. The lowest BCUT2D eigenvalue weighted by Gasteiger charge is -2.43. The highest BCUT2D eigenvalue weighted by Crippen LogP contribution is 2.35. The van der Waals surface area contributed by atoms with Crippen LogP contribution in [-0.2, 0) is 14.8 Å². The minimum Gasteiger partial charge on any atom is -0.492 e. The molecular weight excluding hydrogens is 354 g/mol. The van der Waals surface area contributed by atoms with Crippen molar-refractivity contribution in [2.24, 2.45) is 5.92 Å². The average Bonchev–Trinajstić information content (AvgIpc) is 2.89. The van der Waals surface area contributed by atoms with Gasteiger partial charge in [-0.2, -0.15) is 0 Å². The number of carbonyl (C=O) groups is 1. The Kier molecular flexibility index (Phi) is 5.55. The number of piperidine rings is 1. The Bertz CT molecular complexity index is 740. The van der Waals surface area contributed by atoms with Crippen molar-refractivity contribution in [3.05, 3.63) is 30.3 Å². The molecule has 2 aliphatic heterocycles. The molecule has 0 aliphatic carbocycles. The molecule has 0 saturated carbocycles. The molecule has 3 rings (SSSR count). The van der Waals surface area contributed by atoms with Gasteiger partial charge < -0.3 is 15.0 Å². The van der Waals surface area contributed by atoms with E-state index >= 15 is 0 Å². The number of likely N-dealkylation sites (tertiary alicyclic amines) is 1. The number of likely N-dealkylation sites (N-methyl/N-ethyl adjacent to an activating group) is 1. The molecule has 144 valence electrons. The van der Waals surface area contributed by atoms with Crippen molar-refractivity contribution in [3.63, 3.8) is 0 Å². The van der Waals surface area contributed by atoms with Gasteiger partial charge >= 0.3 is 0 Å². The number of rotatable bonds is 6. The third kappa shape index (κ3) is 4.19. The highest BCUT2D eigenvalue weighted by atomic mass is 32.2. The number of fused-ring (bicyclic) bond motifs is 1. The predicted octanol–water partition coefficient (Wildman–Crippen LogP) is 0.537. The molecule has 0 aromatic heterocycles. The number of sulfonamides is 1. The number of carbonyl (C=O) groups excluding carboxylic acids is 1. The van der Waals surface area contributed by atoms with Gasteiger partial charge in [0.2, 0.25) is 15.9 Å². The van der Waals surface area contributed by atoms with E-state index in [0.717, 1.165) is 13.1 Å². The van der Waals surface area contributed by atoms with Crippen LogP contribution in [-0.4, -0.2) is 74.7 Å². The lowest BCUT2D eigenvalue weighted by Crippen LogP contribution is -2.61. The number of benzene rings is 1. The first kappa shape index (κ1) is 19.1. The summed E-state index contributed by atoms with van der Waals surface area (Å²) >= 11 is 0. The summed E-state index contributed by atoms with van der Waals surface area (Å²) in [6, 6.07) is 9.21. The van der Waals surface area contributed by atoms with Crippen LogP contribution in [0.5, 0.6) is 5.75 Å². The van der Waals surface area contributed by atoms with Gasteiger partial charge in [0.05, 0.1) is 11.3 Å². The van der Waals surface area contributed by atoms with Gasteiger partial charge in [-0.1, -0.05) is 18.2 Å². The molecule has 0 spiro atoms. The predicted molar refractivity (Wildman–Crippen MR) is 99.4 cm³/mol. The van der Waals surface area contributed by atoms with Crippen LogP contribution in [0.4, 0.5) is 0 Å². The maximum atomic E-state index is 12.7. The van der Waals surface area contributed by atoms with Gasteiger partial charge in [-0.25, -0.2) is 12.7 Å². The van der Waals surface area contributed by atoms with Crippen molar-refractivity contribution in [1.29, 1.82) is 0 Å². The van der Waals surface area contributed by atoms with Crippen molar-refractivity contribution in [2.75, 3.05) is 45.6 Å². The van der Waals surface area contributed by atoms with Crippen molar-refractivity contribution < 1.29 is 17.9 Å². The Morgan fingerprint density at radius 1 is 1.31 bits per heavy atom. The third-order valence-corrected chi connectivity index (χ3v) is 7.07. The van der Waals surface area contributed by atoms with E-state index in [2.05, 4.69) is 10.2 Å². The normalized spacial score (nSPS) is 27.1. The monoisotopic (exact) mass is 381 g/mol. The van der Waals surface area contributed by atoms with E-state index in [0.29, 0.717) is 25.3 Å². The van der Waals surface area contributed by atoms with Gasteiger partial charge in [0.1, 0.15) is 12.4 Å². The van der Waals surface area contributed by atoms with Crippen molar-refractivity contribution >= 4 is 15.9 Å². The van der Waals surface area contributed by atoms with Crippen molar-refractivity contribution in [3.8, 4) is 5.75 Å². The van der Waals surface area contributed by atoms with E-state index in [4.69, 9.17) is 4.74 Å². The van der Waals surface area contributed by atoms with Crippen LogP contribution in [0.2, 0.25) is 0 Å². The van der Waals surface area contributed by atoms with Gasteiger partial charge in [-0.3, -0.25) is 4.79 Å². The molecule has 1 N–H and O–H groups in total. The molecule has 2 saturated heterocycles. The maximum Gasteiger partial charge on any atom is 0.217 e. The summed E-state index contributed by atoms with van der Waals surface area (Å²) in [7, 11) is -1.38. The lowest BCUT2D eigenvalue weighted by molar-refractivity contribution is -0.121. The summed E-state index contributed by atoms with van der Waals surface area (Å²) in [6.07, 6.45) is 0.639. The summed E-state index contributed by atoms with van der Waals surface area (Å²) < 4.78 is 32.5. The number of para-hydroxylation sites is 1. The van der Waals surface area contributed by atoms with Crippen LogP contribution in [0.25, 0.3) is 0 Å². The largest absolute Gasteiger partial charge is 0.492 e. The first-order chi connectivity index (χ1) is 12.3. The molecule has 8 heteroatoms. The van der Waals surface area contributed by atoms with E-state index in [9.17, 15) is 13.2 Å². The Morgan fingerprint density at radius 2 is 2.04 bits per heavy atom. The van der Waals surface area contributed by atoms with Gasteiger partial charge in [0.25, 0.3) is 0 Å².